The number of carbonyl (C=O) groups excluding carboxylic acids is 2. The van der Waals surface area contributed by atoms with Gasteiger partial charge in [0, 0.05) is 19.5 Å². The minimum atomic E-state index is -0.421. The molecule has 0 spiro atoms. The van der Waals surface area contributed by atoms with Crippen molar-refractivity contribution in [3.05, 3.63) is 24.3 Å². The summed E-state index contributed by atoms with van der Waals surface area (Å²) in [7, 11) is 0. The average Bonchev–Trinajstić information content (AvgIpc) is 2.93. The lowest BCUT2D eigenvalue weighted by molar-refractivity contribution is -0.134. The number of fused-ring (bicyclic) bond motifs is 1. The number of ether oxygens (including phenoxy) is 1. The van der Waals surface area contributed by atoms with E-state index in [9.17, 15) is 9.59 Å². The number of hydrogen-bond acceptors (Lipinski definition) is 3. The number of hydrogen-bond donors (Lipinski definition) is 1. The Balaban J connectivity index is 1.67. The summed E-state index contributed by atoms with van der Waals surface area (Å²) in [6.07, 6.45) is 2.34. The fraction of sp³-hybridized carbons (Fsp3) is 0.467. The molecule has 2 aliphatic rings. The molecule has 1 N–H and O–H groups in total. The van der Waals surface area contributed by atoms with Crippen LogP contribution in [0.15, 0.2) is 24.3 Å². The van der Waals surface area contributed by atoms with Gasteiger partial charge in [0.2, 0.25) is 11.8 Å². The zero-order valence-electron chi connectivity index (χ0n) is 11.3. The molecule has 1 aromatic carbocycles. The van der Waals surface area contributed by atoms with Crippen LogP contribution in [0.1, 0.15) is 19.3 Å². The third kappa shape index (κ3) is 2.61. The van der Waals surface area contributed by atoms with Crippen LogP contribution in [0.3, 0.4) is 0 Å². The van der Waals surface area contributed by atoms with Gasteiger partial charge in [0.15, 0.2) is 0 Å². The third-order valence-electron chi connectivity index (χ3n) is 3.84. The molecule has 0 radical (unpaired) electrons. The number of benzene rings is 1. The van der Waals surface area contributed by atoms with Gasteiger partial charge in [-0.15, -0.1) is 0 Å². The molecule has 2 amide bonds. The molecule has 0 aromatic heterocycles. The Morgan fingerprint density at radius 3 is 2.85 bits per heavy atom. The molecule has 5 heteroatoms. The molecule has 5 nitrogen and oxygen atoms in total. The van der Waals surface area contributed by atoms with E-state index in [0.717, 1.165) is 25.9 Å². The van der Waals surface area contributed by atoms with Crippen LogP contribution < -0.4 is 10.1 Å². The minimum Gasteiger partial charge on any atom is -0.491 e. The maximum absolute atomic E-state index is 12.2. The molecule has 0 bridgehead atoms. The Bertz CT molecular complexity index is 524. The molecular weight excluding hydrogens is 256 g/mol. The van der Waals surface area contributed by atoms with E-state index < -0.39 is 5.92 Å². The van der Waals surface area contributed by atoms with Crippen molar-refractivity contribution < 1.29 is 14.3 Å². The maximum atomic E-state index is 12.2. The number of rotatable bonds is 2. The van der Waals surface area contributed by atoms with Crippen LogP contribution in [0, 0.1) is 5.92 Å². The predicted octanol–water partition coefficient (Wildman–Crippen LogP) is 1.65. The van der Waals surface area contributed by atoms with E-state index in [4.69, 9.17) is 4.74 Å². The van der Waals surface area contributed by atoms with E-state index in [0.29, 0.717) is 11.4 Å². The number of nitrogens with zero attached hydrogens (tertiary/aromatic N) is 1. The number of anilines is 1. The molecule has 0 unspecified atom stereocenters. The Kier molecular flexibility index (Phi) is 3.58. The number of nitrogens with one attached hydrogen (secondary N) is 1. The first kappa shape index (κ1) is 13.0. The van der Waals surface area contributed by atoms with Crippen molar-refractivity contribution in [1.29, 1.82) is 0 Å². The number of amides is 2. The molecule has 1 atom stereocenters. The summed E-state index contributed by atoms with van der Waals surface area (Å²) in [5.74, 6) is 0.159. The molecule has 2 aliphatic heterocycles. The SMILES string of the molecule is O=C1Nc2ccccc2OC[C@H]1CC(=O)N1CCCC1. The van der Waals surface area contributed by atoms with Crippen LogP contribution in [0.4, 0.5) is 5.69 Å². The van der Waals surface area contributed by atoms with Crippen molar-refractivity contribution in [3.63, 3.8) is 0 Å². The monoisotopic (exact) mass is 274 g/mol. The first-order chi connectivity index (χ1) is 9.74. The van der Waals surface area contributed by atoms with Crippen LogP contribution in [0.2, 0.25) is 0 Å². The van der Waals surface area contributed by atoms with Crippen molar-refractivity contribution in [3.8, 4) is 5.75 Å². The number of likely N-dealkylation sites (tertiary alicyclic amines) is 1. The van der Waals surface area contributed by atoms with Crippen LogP contribution >= 0.6 is 0 Å². The van der Waals surface area contributed by atoms with E-state index in [1.165, 1.54) is 0 Å². The quantitative estimate of drug-likeness (QED) is 0.892. The minimum absolute atomic E-state index is 0.0530. The summed E-state index contributed by atoms with van der Waals surface area (Å²) in [6.45, 7) is 1.88. The van der Waals surface area contributed by atoms with Crippen molar-refractivity contribution in [2.24, 2.45) is 5.92 Å². The van der Waals surface area contributed by atoms with Crippen molar-refractivity contribution in [1.82, 2.24) is 4.90 Å². The molecule has 2 heterocycles. The van der Waals surface area contributed by atoms with E-state index in [1.54, 1.807) is 6.07 Å². The first-order valence-electron chi connectivity index (χ1n) is 7.04. The highest BCUT2D eigenvalue weighted by molar-refractivity contribution is 5.97. The summed E-state index contributed by atoms with van der Waals surface area (Å²) >= 11 is 0. The zero-order chi connectivity index (χ0) is 13.9. The average molecular weight is 274 g/mol. The lowest BCUT2D eigenvalue weighted by Gasteiger charge is -2.18. The van der Waals surface area contributed by atoms with Gasteiger partial charge in [-0.25, -0.2) is 0 Å². The molecule has 1 saturated heterocycles. The van der Waals surface area contributed by atoms with Gasteiger partial charge in [-0.3, -0.25) is 9.59 Å². The van der Waals surface area contributed by atoms with Gasteiger partial charge >= 0.3 is 0 Å². The molecule has 0 aliphatic carbocycles. The van der Waals surface area contributed by atoms with E-state index in [-0.39, 0.29) is 24.8 Å². The van der Waals surface area contributed by atoms with Crippen LogP contribution in [-0.2, 0) is 9.59 Å². The fourth-order valence-corrected chi connectivity index (χ4v) is 2.65. The van der Waals surface area contributed by atoms with Crippen LogP contribution in [0.25, 0.3) is 0 Å². The molecule has 3 rings (SSSR count). The van der Waals surface area contributed by atoms with Crippen LogP contribution in [0.5, 0.6) is 5.75 Å². The lowest BCUT2D eigenvalue weighted by Crippen LogP contribution is -2.34. The zero-order valence-corrected chi connectivity index (χ0v) is 11.3. The lowest BCUT2D eigenvalue weighted by atomic mass is 10.1. The van der Waals surface area contributed by atoms with Crippen molar-refractivity contribution in [2.45, 2.75) is 19.3 Å². The topological polar surface area (TPSA) is 58.6 Å². The smallest absolute Gasteiger partial charge is 0.231 e. The van der Waals surface area contributed by atoms with Crippen LogP contribution in [-0.4, -0.2) is 36.4 Å². The van der Waals surface area contributed by atoms with Gasteiger partial charge in [-0.05, 0) is 25.0 Å². The van der Waals surface area contributed by atoms with Gasteiger partial charge in [0.25, 0.3) is 0 Å². The molecule has 20 heavy (non-hydrogen) atoms. The molecular formula is C15H18N2O3. The number of carbonyl (C=O) groups is 2. The second kappa shape index (κ2) is 5.53. The Hall–Kier alpha value is -2.04. The Morgan fingerprint density at radius 2 is 2.05 bits per heavy atom. The summed E-state index contributed by atoms with van der Waals surface area (Å²) in [6, 6.07) is 7.33. The fourth-order valence-electron chi connectivity index (χ4n) is 2.65. The third-order valence-corrected chi connectivity index (χ3v) is 3.84. The van der Waals surface area contributed by atoms with Gasteiger partial charge in [-0.2, -0.15) is 0 Å². The van der Waals surface area contributed by atoms with Crippen molar-refractivity contribution >= 4 is 17.5 Å². The van der Waals surface area contributed by atoms with Gasteiger partial charge in [0.05, 0.1) is 11.6 Å². The van der Waals surface area contributed by atoms with E-state index in [1.807, 2.05) is 23.1 Å². The van der Waals surface area contributed by atoms with E-state index in [2.05, 4.69) is 5.32 Å². The van der Waals surface area contributed by atoms with Crippen molar-refractivity contribution in [2.75, 3.05) is 25.0 Å². The second-order valence-corrected chi connectivity index (χ2v) is 5.29. The number of para-hydroxylation sites is 2. The van der Waals surface area contributed by atoms with E-state index >= 15 is 0 Å². The highest BCUT2D eigenvalue weighted by Crippen LogP contribution is 2.28. The molecule has 1 fully saturated rings. The largest absolute Gasteiger partial charge is 0.491 e. The Labute approximate surface area is 117 Å². The maximum Gasteiger partial charge on any atom is 0.231 e. The van der Waals surface area contributed by atoms with Gasteiger partial charge in [-0.1, -0.05) is 12.1 Å². The summed E-state index contributed by atoms with van der Waals surface area (Å²) in [5, 5.41) is 2.83. The standard InChI is InChI=1S/C15H18N2O3/c18-14(17-7-3-4-8-17)9-11-10-20-13-6-2-1-5-12(13)16-15(11)19/h1-2,5-6,11H,3-4,7-10H2,(H,16,19)/t11-/m1/s1. The Morgan fingerprint density at radius 1 is 1.30 bits per heavy atom. The first-order valence-corrected chi connectivity index (χ1v) is 7.04. The predicted molar refractivity (Wildman–Crippen MR) is 74.5 cm³/mol. The highest BCUT2D eigenvalue weighted by atomic mass is 16.5. The summed E-state index contributed by atoms with van der Waals surface area (Å²) in [4.78, 5) is 26.1. The summed E-state index contributed by atoms with van der Waals surface area (Å²) in [5.41, 5.74) is 0.675. The van der Waals surface area contributed by atoms with Gasteiger partial charge in [0.1, 0.15) is 12.4 Å². The highest BCUT2D eigenvalue weighted by Gasteiger charge is 2.29. The summed E-state index contributed by atoms with van der Waals surface area (Å²) < 4.78 is 5.64. The molecule has 106 valence electrons. The molecule has 0 saturated carbocycles. The second-order valence-electron chi connectivity index (χ2n) is 5.29. The molecule has 1 aromatic rings. The van der Waals surface area contributed by atoms with Gasteiger partial charge < -0.3 is 15.0 Å². The normalized spacial score (nSPS) is 21.7.